The third-order valence-electron chi connectivity index (χ3n) is 8.82. The molecule has 26 heavy (non-hydrogen) atoms. The predicted octanol–water partition coefficient (Wildman–Crippen LogP) is 1.31. The van der Waals surface area contributed by atoms with Gasteiger partial charge < -0.3 is 18.9 Å². The molecule has 0 N–H and O–H groups in total. The molecule has 7 aliphatic rings. The fraction of sp³-hybridized carbons (Fsp3) is 0.800. The van der Waals surface area contributed by atoms with Crippen LogP contribution in [0, 0.1) is 17.3 Å². The first kappa shape index (κ1) is 14.8. The third kappa shape index (κ3) is 1.10. The molecule has 0 radical (unpaired) electrons. The van der Waals surface area contributed by atoms with E-state index in [1.165, 1.54) is 0 Å². The summed E-state index contributed by atoms with van der Waals surface area (Å²) in [6.45, 7) is 6.72. The van der Waals surface area contributed by atoms with Crippen molar-refractivity contribution >= 4 is 11.8 Å². The van der Waals surface area contributed by atoms with E-state index in [0.717, 1.165) is 24.0 Å². The van der Waals surface area contributed by atoms with Gasteiger partial charge in [-0.3, -0.25) is 4.79 Å². The summed E-state index contributed by atoms with van der Waals surface area (Å²) in [7, 11) is 0. The topological polar surface area (TPSA) is 81.0 Å². The second kappa shape index (κ2) is 3.69. The van der Waals surface area contributed by atoms with Crippen molar-refractivity contribution < 1.29 is 28.5 Å². The van der Waals surface area contributed by atoms with E-state index < -0.39 is 16.8 Å². The summed E-state index contributed by atoms with van der Waals surface area (Å²) in [5, 5.41) is 0. The number of hydrogen-bond donors (Lipinski definition) is 0. The van der Waals surface area contributed by atoms with Crippen LogP contribution in [0.5, 0.6) is 0 Å². The summed E-state index contributed by atoms with van der Waals surface area (Å²) < 4.78 is 24.1. The lowest BCUT2D eigenvalue weighted by Crippen LogP contribution is -2.67. The van der Waals surface area contributed by atoms with Crippen LogP contribution in [-0.2, 0) is 28.5 Å². The van der Waals surface area contributed by atoms with E-state index in [1.807, 2.05) is 13.8 Å². The highest BCUT2D eigenvalue weighted by Crippen LogP contribution is 2.81. The van der Waals surface area contributed by atoms with E-state index in [2.05, 4.69) is 6.92 Å². The van der Waals surface area contributed by atoms with Crippen molar-refractivity contribution in [2.45, 2.75) is 75.1 Å². The van der Waals surface area contributed by atoms with Crippen LogP contribution in [0.25, 0.3) is 0 Å². The lowest BCUT2D eigenvalue weighted by atomic mass is 9.47. The SMILES string of the molecule is CC(C)[C@@]12O[C@@H]1[C@H]1O[C@@]13[C@@]1(O[C@@H]1C[C@@H]1C4=C(CC[C@]13C)C(=O)OC4)C2=O. The smallest absolute Gasteiger partial charge is 0.334 e. The van der Waals surface area contributed by atoms with Gasteiger partial charge in [-0.2, -0.15) is 0 Å². The third-order valence-corrected chi connectivity index (χ3v) is 8.82. The first-order valence-electron chi connectivity index (χ1n) is 9.82. The van der Waals surface area contributed by atoms with E-state index in [0.29, 0.717) is 13.0 Å². The van der Waals surface area contributed by atoms with Gasteiger partial charge in [0.05, 0.1) is 6.10 Å². The number of ketones is 1. The van der Waals surface area contributed by atoms with E-state index in [-0.39, 0.29) is 47.3 Å². The molecule has 3 aliphatic carbocycles. The molecule has 2 spiro atoms. The van der Waals surface area contributed by atoms with Gasteiger partial charge in [0.15, 0.2) is 11.2 Å². The highest BCUT2D eigenvalue weighted by atomic mass is 16.7. The Morgan fingerprint density at radius 2 is 1.92 bits per heavy atom. The van der Waals surface area contributed by atoms with Gasteiger partial charge in [-0.25, -0.2) is 4.79 Å². The van der Waals surface area contributed by atoms with Gasteiger partial charge in [-0.05, 0) is 36.7 Å². The molecule has 6 nitrogen and oxygen atoms in total. The van der Waals surface area contributed by atoms with Gasteiger partial charge in [-0.1, -0.05) is 20.8 Å². The van der Waals surface area contributed by atoms with E-state index in [1.54, 1.807) is 0 Å². The van der Waals surface area contributed by atoms with Crippen molar-refractivity contribution in [3.05, 3.63) is 11.1 Å². The first-order chi connectivity index (χ1) is 12.3. The maximum Gasteiger partial charge on any atom is 0.334 e. The molecule has 138 valence electrons. The molecule has 0 aromatic heterocycles. The molecule has 0 unspecified atom stereocenters. The number of epoxide rings is 3. The molecule has 4 aliphatic heterocycles. The lowest BCUT2D eigenvalue weighted by molar-refractivity contribution is -0.139. The zero-order valence-corrected chi connectivity index (χ0v) is 15.2. The molecule has 8 atom stereocenters. The lowest BCUT2D eigenvalue weighted by Gasteiger charge is -2.51. The number of cyclic esters (lactones) is 1. The summed E-state index contributed by atoms with van der Waals surface area (Å²) in [5.74, 6) is 0.252. The molecule has 0 aromatic rings. The van der Waals surface area contributed by atoms with Crippen LogP contribution in [0.2, 0.25) is 0 Å². The van der Waals surface area contributed by atoms with Crippen molar-refractivity contribution in [2.75, 3.05) is 6.61 Å². The monoisotopic (exact) mass is 358 g/mol. The van der Waals surface area contributed by atoms with Gasteiger partial charge in [0.25, 0.3) is 0 Å². The maximum atomic E-state index is 13.6. The standard InChI is InChI=1S/C20H22O6/c1-8(2)18-13(25-18)14-20(26-14)17(3)5-4-9-10(7-23-15(9)21)11(17)6-12-19(20,24-12)16(18)22/h8,11-14H,4-7H2,1-3H3/t11-,12-,13-,14-,17-,18-,19+,20+/m1/s1. The zero-order valence-electron chi connectivity index (χ0n) is 15.2. The summed E-state index contributed by atoms with van der Waals surface area (Å²) in [4.78, 5) is 25.7. The molecule has 0 bridgehead atoms. The fourth-order valence-electron chi connectivity index (χ4n) is 7.41. The number of carbonyl (C=O) groups is 2. The highest BCUT2D eigenvalue weighted by molar-refractivity contribution is 6.05. The molecule has 0 aromatic carbocycles. The van der Waals surface area contributed by atoms with Gasteiger partial charge in [0, 0.05) is 11.0 Å². The number of carbonyl (C=O) groups excluding carboxylic acids is 2. The van der Waals surface area contributed by atoms with Gasteiger partial charge in [-0.15, -0.1) is 0 Å². The minimum atomic E-state index is -0.832. The van der Waals surface area contributed by atoms with Gasteiger partial charge >= 0.3 is 5.97 Å². The Bertz CT molecular complexity index is 860. The molecule has 7 rings (SSSR count). The second-order valence-electron chi connectivity index (χ2n) is 9.72. The van der Waals surface area contributed by atoms with Crippen LogP contribution in [0.3, 0.4) is 0 Å². The van der Waals surface area contributed by atoms with Crippen molar-refractivity contribution in [1.29, 1.82) is 0 Å². The average Bonchev–Trinajstić information content (AvgIpc) is 3.47. The van der Waals surface area contributed by atoms with Gasteiger partial charge in [0.1, 0.15) is 24.4 Å². The summed E-state index contributed by atoms with van der Waals surface area (Å²) in [5.41, 5.74) is -0.371. The number of esters is 1. The van der Waals surface area contributed by atoms with Crippen LogP contribution in [-0.4, -0.2) is 53.5 Å². The first-order valence-corrected chi connectivity index (χ1v) is 9.82. The van der Waals surface area contributed by atoms with Gasteiger partial charge in [0.2, 0.25) is 5.78 Å². The Morgan fingerprint density at radius 3 is 2.69 bits per heavy atom. The number of fused-ring (bicyclic) bond motifs is 4. The van der Waals surface area contributed by atoms with Crippen molar-refractivity contribution in [3.8, 4) is 0 Å². The van der Waals surface area contributed by atoms with Crippen LogP contribution < -0.4 is 0 Å². The van der Waals surface area contributed by atoms with Crippen LogP contribution in [0.1, 0.15) is 40.0 Å². The van der Waals surface area contributed by atoms with E-state index in [4.69, 9.17) is 18.9 Å². The summed E-state index contributed by atoms with van der Waals surface area (Å²) in [6, 6.07) is 0. The Hall–Kier alpha value is -1.24. The molecular weight excluding hydrogens is 336 g/mol. The molecule has 4 heterocycles. The number of Topliss-reactive ketones (excluding diaryl/α,β-unsaturated/α-hetero) is 1. The fourth-order valence-corrected chi connectivity index (χ4v) is 7.41. The van der Waals surface area contributed by atoms with Crippen LogP contribution in [0.4, 0.5) is 0 Å². The molecular formula is C20H22O6. The molecule has 3 saturated heterocycles. The van der Waals surface area contributed by atoms with E-state index >= 15 is 0 Å². The number of hydrogen-bond acceptors (Lipinski definition) is 6. The van der Waals surface area contributed by atoms with E-state index in [9.17, 15) is 9.59 Å². The molecule has 5 fully saturated rings. The Kier molecular flexibility index (Phi) is 2.10. The quantitative estimate of drug-likeness (QED) is 0.519. The van der Waals surface area contributed by atoms with Crippen molar-refractivity contribution in [2.24, 2.45) is 17.3 Å². The summed E-state index contributed by atoms with van der Waals surface area (Å²) >= 11 is 0. The summed E-state index contributed by atoms with van der Waals surface area (Å²) in [6.07, 6.45) is 1.97. The molecule has 0 amide bonds. The Labute approximate surface area is 151 Å². The minimum absolute atomic E-state index is 0.0689. The van der Waals surface area contributed by atoms with Crippen molar-refractivity contribution in [3.63, 3.8) is 0 Å². The second-order valence-corrected chi connectivity index (χ2v) is 9.72. The highest BCUT2D eigenvalue weighted by Gasteiger charge is 3.00. The average molecular weight is 358 g/mol. The number of ether oxygens (including phenoxy) is 4. The predicted molar refractivity (Wildman–Crippen MR) is 86.1 cm³/mol. The normalized spacial score (nSPS) is 60.3. The van der Waals surface area contributed by atoms with Crippen LogP contribution in [0.15, 0.2) is 11.1 Å². The largest absolute Gasteiger partial charge is 0.458 e. The maximum absolute atomic E-state index is 13.6. The van der Waals surface area contributed by atoms with Crippen molar-refractivity contribution in [1.82, 2.24) is 0 Å². The Morgan fingerprint density at radius 1 is 1.12 bits per heavy atom. The molecule has 6 heteroatoms. The number of rotatable bonds is 1. The Balaban J connectivity index is 1.40. The zero-order chi connectivity index (χ0) is 17.9. The van der Waals surface area contributed by atoms with Crippen LogP contribution >= 0.6 is 0 Å². The molecule has 2 saturated carbocycles. The minimum Gasteiger partial charge on any atom is -0.458 e.